The number of rotatable bonds is 2. The van der Waals surface area contributed by atoms with Crippen molar-refractivity contribution < 1.29 is 12.6 Å². The molecule has 1 heterocycles. The van der Waals surface area contributed by atoms with E-state index in [1.807, 2.05) is 0 Å². The van der Waals surface area contributed by atoms with E-state index in [1.54, 1.807) is 0 Å². The molecule has 3 aliphatic rings. The van der Waals surface area contributed by atoms with Gasteiger partial charge >= 0.3 is 0 Å². The quantitative estimate of drug-likeness (QED) is 0.726. The Morgan fingerprint density at radius 1 is 1.11 bits per heavy atom. The normalized spacial score (nSPS) is 47.4. The SMILES string of the molecule is CC(C)C1(C(C)C)C2C3CC1(C)CC3OS2(=O)=O. The average Bonchev–Trinajstić information content (AvgIpc) is 2.68. The Kier molecular flexibility index (Phi) is 2.38. The Bertz CT molecular complexity index is 467. The smallest absolute Gasteiger partial charge is 0.266 e. The third-order valence-electron chi connectivity index (χ3n) is 6.20. The van der Waals surface area contributed by atoms with Crippen molar-refractivity contribution in [3.63, 3.8) is 0 Å². The largest absolute Gasteiger partial charge is 0.271 e. The fourth-order valence-corrected chi connectivity index (χ4v) is 8.87. The maximum Gasteiger partial charge on any atom is 0.271 e. The van der Waals surface area contributed by atoms with E-state index >= 15 is 0 Å². The third-order valence-corrected chi connectivity index (χ3v) is 8.08. The zero-order chi connectivity index (χ0) is 13.5. The summed E-state index contributed by atoms with van der Waals surface area (Å²) in [6.45, 7) is 11.1. The van der Waals surface area contributed by atoms with Crippen molar-refractivity contribution in [1.29, 1.82) is 0 Å². The van der Waals surface area contributed by atoms with Gasteiger partial charge in [0.05, 0.1) is 11.4 Å². The van der Waals surface area contributed by atoms with Gasteiger partial charge in [0.25, 0.3) is 10.1 Å². The lowest BCUT2D eigenvalue weighted by atomic mass is 9.53. The summed E-state index contributed by atoms with van der Waals surface area (Å²) in [5.41, 5.74) is 0.00238. The molecule has 0 N–H and O–H groups in total. The summed E-state index contributed by atoms with van der Waals surface area (Å²) in [5.74, 6) is 0.981. The predicted molar refractivity (Wildman–Crippen MR) is 70.5 cm³/mol. The number of hydrogen-bond acceptors (Lipinski definition) is 3. The fourth-order valence-electron chi connectivity index (χ4n) is 6.19. The Labute approximate surface area is 110 Å². The van der Waals surface area contributed by atoms with Gasteiger partial charge in [-0.05, 0) is 35.5 Å². The minimum absolute atomic E-state index is 0.0318. The molecule has 4 atom stereocenters. The second-order valence-corrected chi connectivity index (χ2v) is 9.11. The van der Waals surface area contributed by atoms with Gasteiger partial charge in [0, 0.05) is 5.92 Å². The molecular formula is C14H24O3S. The van der Waals surface area contributed by atoms with E-state index in [9.17, 15) is 8.42 Å². The summed E-state index contributed by atoms with van der Waals surface area (Å²) in [6, 6.07) is 0. The summed E-state index contributed by atoms with van der Waals surface area (Å²) in [5, 5.41) is -0.270. The van der Waals surface area contributed by atoms with Gasteiger partial charge in [-0.2, -0.15) is 8.42 Å². The summed E-state index contributed by atoms with van der Waals surface area (Å²) in [6.07, 6.45) is 1.91. The summed E-state index contributed by atoms with van der Waals surface area (Å²) in [4.78, 5) is 0. The molecule has 4 unspecified atom stereocenters. The Hall–Kier alpha value is -0.0900. The van der Waals surface area contributed by atoms with E-state index in [0.29, 0.717) is 11.8 Å². The van der Waals surface area contributed by atoms with Crippen molar-refractivity contribution in [2.24, 2.45) is 28.6 Å². The molecular weight excluding hydrogens is 248 g/mol. The minimum Gasteiger partial charge on any atom is -0.266 e. The van der Waals surface area contributed by atoms with Gasteiger partial charge in [-0.3, -0.25) is 4.18 Å². The summed E-state index contributed by atoms with van der Waals surface area (Å²) in [7, 11) is -3.37. The maximum atomic E-state index is 12.4. The number of fused-ring (bicyclic) bond motifs is 1. The molecule has 4 heteroatoms. The molecule has 3 nitrogen and oxygen atoms in total. The molecule has 18 heavy (non-hydrogen) atoms. The maximum absolute atomic E-state index is 12.4. The molecule has 2 aliphatic carbocycles. The lowest BCUT2D eigenvalue weighted by Gasteiger charge is -2.52. The van der Waals surface area contributed by atoms with Crippen LogP contribution < -0.4 is 0 Å². The second-order valence-electron chi connectivity index (χ2n) is 7.42. The highest BCUT2D eigenvalue weighted by Crippen LogP contribution is 2.74. The van der Waals surface area contributed by atoms with E-state index in [1.165, 1.54) is 0 Å². The van der Waals surface area contributed by atoms with Crippen LogP contribution in [0.2, 0.25) is 0 Å². The summed E-state index contributed by atoms with van der Waals surface area (Å²) < 4.78 is 30.3. The van der Waals surface area contributed by atoms with Crippen LogP contribution in [0.25, 0.3) is 0 Å². The highest BCUT2D eigenvalue weighted by molar-refractivity contribution is 7.87. The third kappa shape index (κ3) is 1.13. The van der Waals surface area contributed by atoms with Gasteiger partial charge < -0.3 is 0 Å². The first-order chi connectivity index (χ1) is 8.17. The van der Waals surface area contributed by atoms with Crippen LogP contribution in [0.3, 0.4) is 0 Å². The van der Waals surface area contributed by atoms with Gasteiger partial charge in [-0.1, -0.05) is 34.6 Å². The first kappa shape index (κ1) is 12.9. The van der Waals surface area contributed by atoms with Gasteiger partial charge in [-0.25, -0.2) is 0 Å². The van der Waals surface area contributed by atoms with Gasteiger partial charge in [0.15, 0.2) is 0 Å². The topological polar surface area (TPSA) is 43.4 Å². The van der Waals surface area contributed by atoms with Gasteiger partial charge in [-0.15, -0.1) is 0 Å². The van der Waals surface area contributed by atoms with Crippen LogP contribution in [0, 0.1) is 28.6 Å². The first-order valence-corrected chi connectivity index (χ1v) is 8.56. The Morgan fingerprint density at radius 3 is 2.17 bits per heavy atom. The van der Waals surface area contributed by atoms with Crippen LogP contribution >= 0.6 is 0 Å². The highest BCUT2D eigenvalue weighted by Gasteiger charge is 2.77. The van der Waals surface area contributed by atoms with Crippen molar-refractivity contribution in [3.05, 3.63) is 0 Å². The lowest BCUT2D eigenvalue weighted by Crippen LogP contribution is -2.54. The number of hydrogen-bond donors (Lipinski definition) is 0. The molecule has 0 aromatic heterocycles. The monoisotopic (exact) mass is 272 g/mol. The van der Waals surface area contributed by atoms with Gasteiger partial charge in [0.2, 0.25) is 0 Å². The molecule has 0 amide bonds. The van der Waals surface area contributed by atoms with E-state index in [2.05, 4.69) is 34.6 Å². The molecule has 3 rings (SSSR count). The van der Waals surface area contributed by atoms with E-state index in [-0.39, 0.29) is 28.1 Å². The van der Waals surface area contributed by atoms with E-state index in [0.717, 1.165) is 12.8 Å². The minimum atomic E-state index is -3.37. The van der Waals surface area contributed by atoms with Crippen LogP contribution in [0.5, 0.6) is 0 Å². The summed E-state index contributed by atoms with van der Waals surface area (Å²) >= 11 is 0. The standard InChI is InChI=1S/C14H24O3S/c1-8(2)14(9(3)4)12-10-6-13(14,5)7-11(10)17-18(12,15)16/h8-12H,6-7H2,1-5H3. The van der Waals surface area contributed by atoms with Crippen molar-refractivity contribution >= 4 is 10.1 Å². The Balaban J connectivity index is 2.25. The highest BCUT2D eigenvalue weighted by atomic mass is 32.2. The van der Waals surface area contributed by atoms with Crippen LogP contribution in [0.1, 0.15) is 47.5 Å². The molecule has 0 aromatic rings. The zero-order valence-corrected chi connectivity index (χ0v) is 12.8. The molecule has 0 radical (unpaired) electrons. The van der Waals surface area contributed by atoms with Crippen LogP contribution in [0.15, 0.2) is 0 Å². The molecule has 0 aromatic carbocycles. The predicted octanol–water partition coefficient (Wildman–Crippen LogP) is 2.81. The molecule has 104 valence electrons. The second kappa shape index (κ2) is 3.32. The zero-order valence-electron chi connectivity index (χ0n) is 11.9. The fraction of sp³-hybridized carbons (Fsp3) is 1.00. The first-order valence-electron chi connectivity index (χ1n) is 7.09. The molecule has 2 saturated carbocycles. The molecule has 0 spiro atoms. The van der Waals surface area contributed by atoms with Crippen molar-refractivity contribution in [3.8, 4) is 0 Å². The van der Waals surface area contributed by atoms with Crippen molar-refractivity contribution in [2.45, 2.75) is 58.8 Å². The van der Waals surface area contributed by atoms with Crippen LogP contribution in [-0.4, -0.2) is 19.8 Å². The van der Waals surface area contributed by atoms with E-state index < -0.39 is 10.1 Å². The molecule has 2 bridgehead atoms. The lowest BCUT2D eigenvalue weighted by molar-refractivity contribution is -0.0323. The van der Waals surface area contributed by atoms with Gasteiger partial charge in [0.1, 0.15) is 0 Å². The molecule has 1 aliphatic heterocycles. The molecule has 3 fully saturated rings. The van der Waals surface area contributed by atoms with Crippen molar-refractivity contribution in [2.75, 3.05) is 0 Å². The average molecular weight is 272 g/mol. The van der Waals surface area contributed by atoms with Crippen molar-refractivity contribution in [1.82, 2.24) is 0 Å². The van der Waals surface area contributed by atoms with Crippen LogP contribution in [0.4, 0.5) is 0 Å². The van der Waals surface area contributed by atoms with E-state index in [4.69, 9.17) is 4.18 Å². The Morgan fingerprint density at radius 2 is 1.67 bits per heavy atom. The van der Waals surface area contributed by atoms with Crippen LogP contribution in [-0.2, 0) is 14.3 Å². The molecule has 1 saturated heterocycles.